The van der Waals surface area contributed by atoms with Crippen molar-refractivity contribution in [1.82, 2.24) is 10.2 Å². The van der Waals surface area contributed by atoms with Gasteiger partial charge in [0.1, 0.15) is 0 Å². The topological polar surface area (TPSA) is 33.7 Å². The Hall–Kier alpha value is -0.390. The van der Waals surface area contributed by atoms with Crippen LogP contribution in [-0.2, 0) is 9.47 Å². The highest BCUT2D eigenvalue weighted by atomic mass is 32.1. The lowest BCUT2D eigenvalue weighted by Crippen LogP contribution is -2.43. The first-order valence-electron chi connectivity index (χ1n) is 6.12. The van der Waals surface area contributed by atoms with Crippen LogP contribution in [0.15, 0.2) is 0 Å². The molecule has 0 fully saturated rings. The summed E-state index contributed by atoms with van der Waals surface area (Å²) in [6, 6.07) is 0. The number of hydrogen-bond donors (Lipinski definition) is 1. The van der Waals surface area contributed by atoms with Gasteiger partial charge in [0.15, 0.2) is 5.11 Å². The molecular formula is C12H26N2O2S. The van der Waals surface area contributed by atoms with Crippen molar-refractivity contribution in [3.8, 4) is 0 Å². The summed E-state index contributed by atoms with van der Waals surface area (Å²) < 4.78 is 10.1. The molecule has 0 bridgehead atoms. The van der Waals surface area contributed by atoms with E-state index in [1.165, 1.54) is 0 Å². The van der Waals surface area contributed by atoms with E-state index in [0.717, 1.165) is 37.8 Å². The number of nitrogens with zero attached hydrogens (tertiary/aromatic N) is 1. The van der Waals surface area contributed by atoms with Gasteiger partial charge >= 0.3 is 0 Å². The van der Waals surface area contributed by atoms with Crippen LogP contribution in [0.25, 0.3) is 0 Å². The zero-order valence-corrected chi connectivity index (χ0v) is 12.3. The molecule has 0 saturated heterocycles. The Balaban J connectivity index is 4.00. The van der Waals surface area contributed by atoms with E-state index in [4.69, 9.17) is 21.7 Å². The Bertz CT molecular complexity index is 201. The third kappa shape index (κ3) is 9.32. The summed E-state index contributed by atoms with van der Waals surface area (Å²) in [7, 11) is 3.42. The third-order valence-electron chi connectivity index (χ3n) is 2.29. The van der Waals surface area contributed by atoms with Gasteiger partial charge in [-0.15, -0.1) is 0 Å². The molecular weight excluding hydrogens is 236 g/mol. The summed E-state index contributed by atoms with van der Waals surface area (Å²) in [5.41, 5.74) is 0. The van der Waals surface area contributed by atoms with Crippen LogP contribution >= 0.6 is 12.2 Å². The van der Waals surface area contributed by atoms with Crippen molar-refractivity contribution < 1.29 is 9.47 Å². The van der Waals surface area contributed by atoms with Crippen LogP contribution < -0.4 is 5.32 Å². The first-order chi connectivity index (χ1) is 8.11. The minimum Gasteiger partial charge on any atom is -0.385 e. The Kier molecular flexibility index (Phi) is 10.5. The van der Waals surface area contributed by atoms with Crippen molar-refractivity contribution in [2.24, 2.45) is 5.92 Å². The molecule has 0 aliphatic heterocycles. The van der Waals surface area contributed by atoms with E-state index >= 15 is 0 Å². The van der Waals surface area contributed by atoms with Gasteiger partial charge in [-0.05, 0) is 24.6 Å². The number of hydrogen-bond acceptors (Lipinski definition) is 3. The van der Waals surface area contributed by atoms with Gasteiger partial charge in [-0.2, -0.15) is 0 Å². The molecule has 1 N–H and O–H groups in total. The molecule has 0 aliphatic rings. The Morgan fingerprint density at radius 1 is 1.18 bits per heavy atom. The van der Waals surface area contributed by atoms with Gasteiger partial charge < -0.3 is 19.7 Å². The molecule has 0 saturated carbocycles. The minimum absolute atomic E-state index is 0.594. The molecule has 4 nitrogen and oxygen atoms in total. The van der Waals surface area contributed by atoms with Crippen molar-refractivity contribution in [2.45, 2.75) is 20.3 Å². The highest BCUT2D eigenvalue weighted by Gasteiger charge is 2.09. The molecule has 17 heavy (non-hydrogen) atoms. The van der Waals surface area contributed by atoms with Crippen molar-refractivity contribution in [3.05, 3.63) is 0 Å². The Morgan fingerprint density at radius 3 is 2.35 bits per heavy atom. The van der Waals surface area contributed by atoms with Gasteiger partial charge in [0.2, 0.25) is 0 Å². The first kappa shape index (κ1) is 16.6. The average Bonchev–Trinajstić information content (AvgIpc) is 2.30. The van der Waals surface area contributed by atoms with Crippen LogP contribution in [0.2, 0.25) is 0 Å². The number of thiocarbonyl (C=S) groups is 1. The van der Waals surface area contributed by atoms with Gasteiger partial charge in [0.05, 0.1) is 6.61 Å². The average molecular weight is 262 g/mol. The maximum Gasteiger partial charge on any atom is 0.169 e. The van der Waals surface area contributed by atoms with E-state index < -0.39 is 0 Å². The molecule has 0 aromatic carbocycles. The zero-order valence-electron chi connectivity index (χ0n) is 11.5. The molecule has 0 spiro atoms. The molecule has 5 heteroatoms. The molecule has 0 aromatic heterocycles. The standard InChI is InChI=1S/C12H26N2O2S/c1-11(2)10-13-12(17)14(7-9-16-4)6-5-8-15-3/h11H,5-10H2,1-4H3,(H,13,17). The molecule has 0 amide bonds. The summed E-state index contributed by atoms with van der Waals surface area (Å²) in [5, 5.41) is 4.09. The fourth-order valence-corrected chi connectivity index (χ4v) is 1.59. The molecule has 102 valence electrons. The van der Waals surface area contributed by atoms with Crippen LogP contribution in [0.4, 0.5) is 0 Å². The maximum absolute atomic E-state index is 5.38. The van der Waals surface area contributed by atoms with E-state index in [9.17, 15) is 0 Å². The van der Waals surface area contributed by atoms with Crippen LogP contribution in [0.3, 0.4) is 0 Å². The lowest BCUT2D eigenvalue weighted by Gasteiger charge is -2.26. The van der Waals surface area contributed by atoms with Crippen molar-refractivity contribution in [1.29, 1.82) is 0 Å². The number of ether oxygens (including phenoxy) is 2. The predicted molar refractivity (Wildman–Crippen MR) is 75.4 cm³/mol. The van der Waals surface area contributed by atoms with Crippen LogP contribution in [-0.4, -0.2) is 57.1 Å². The largest absolute Gasteiger partial charge is 0.385 e. The normalized spacial score (nSPS) is 10.6. The molecule has 0 rings (SSSR count). The fourth-order valence-electron chi connectivity index (χ4n) is 1.32. The van der Waals surface area contributed by atoms with E-state index in [1.807, 2.05) is 0 Å². The minimum atomic E-state index is 0.594. The molecule has 0 heterocycles. The molecule has 0 aliphatic carbocycles. The maximum atomic E-state index is 5.38. The monoisotopic (exact) mass is 262 g/mol. The highest BCUT2D eigenvalue weighted by Crippen LogP contribution is 1.96. The van der Waals surface area contributed by atoms with Crippen LogP contribution in [0.5, 0.6) is 0 Å². The summed E-state index contributed by atoms with van der Waals surface area (Å²) in [5.74, 6) is 0.594. The van der Waals surface area contributed by atoms with Gasteiger partial charge in [-0.3, -0.25) is 0 Å². The number of nitrogens with one attached hydrogen (secondary N) is 1. The number of methoxy groups -OCH3 is 2. The number of rotatable bonds is 9. The molecule has 0 atom stereocenters. The zero-order chi connectivity index (χ0) is 13.1. The smallest absolute Gasteiger partial charge is 0.169 e. The third-order valence-corrected chi connectivity index (χ3v) is 2.69. The fraction of sp³-hybridized carbons (Fsp3) is 0.917. The second-order valence-electron chi connectivity index (χ2n) is 4.41. The van der Waals surface area contributed by atoms with Gasteiger partial charge in [0.25, 0.3) is 0 Å². The quantitative estimate of drug-likeness (QED) is 0.503. The molecule has 0 radical (unpaired) electrons. The second-order valence-corrected chi connectivity index (χ2v) is 4.79. The summed E-state index contributed by atoms with van der Waals surface area (Å²) in [4.78, 5) is 2.14. The van der Waals surface area contributed by atoms with Crippen LogP contribution in [0, 0.1) is 5.92 Å². The summed E-state index contributed by atoms with van der Waals surface area (Å²) in [6.45, 7) is 8.42. The van der Waals surface area contributed by atoms with Crippen molar-refractivity contribution in [3.63, 3.8) is 0 Å². The summed E-state index contributed by atoms with van der Waals surface area (Å²) in [6.07, 6.45) is 0.976. The molecule has 0 unspecified atom stereocenters. The van der Waals surface area contributed by atoms with Gasteiger partial charge in [-0.25, -0.2) is 0 Å². The Labute approximate surface area is 111 Å². The van der Waals surface area contributed by atoms with E-state index in [0.29, 0.717) is 12.5 Å². The summed E-state index contributed by atoms with van der Waals surface area (Å²) >= 11 is 5.38. The van der Waals surface area contributed by atoms with Crippen LogP contribution in [0.1, 0.15) is 20.3 Å². The van der Waals surface area contributed by atoms with Gasteiger partial charge in [-0.1, -0.05) is 13.8 Å². The van der Waals surface area contributed by atoms with E-state index in [1.54, 1.807) is 14.2 Å². The lowest BCUT2D eigenvalue weighted by atomic mass is 10.2. The van der Waals surface area contributed by atoms with Crippen molar-refractivity contribution >= 4 is 17.3 Å². The highest BCUT2D eigenvalue weighted by molar-refractivity contribution is 7.80. The van der Waals surface area contributed by atoms with Crippen molar-refractivity contribution in [2.75, 3.05) is 47.1 Å². The lowest BCUT2D eigenvalue weighted by molar-refractivity contribution is 0.160. The Morgan fingerprint density at radius 2 is 1.82 bits per heavy atom. The molecule has 0 aromatic rings. The predicted octanol–water partition coefficient (Wildman–Crippen LogP) is 1.50. The second kappa shape index (κ2) is 10.7. The van der Waals surface area contributed by atoms with E-state index in [-0.39, 0.29) is 0 Å². The SMILES string of the molecule is COCCCN(CCOC)C(=S)NCC(C)C. The van der Waals surface area contributed by atoms with Gasteiger partial charge in [0, 0.05) is 40.5 Å². The van der Waals surface area contributed by atoms with E-state index in [2.05, 4.69) is 24.1 Å². The first-order valence-corrected chi connectivity index (χ1v) is 6.53.